The second-order valence-corrected chi connectivity index (χ2v) is 4.54. The van der Waals surface area contributed by atoms with Gasteiger partial charge in [0.05, 0.1) is 5.69 Å². The van der Waals surface area contributed by atoms with Crippen molar-refractivity contribution < 1.29 is 0 Å². The molecule has 0 aliphatic heterocycles. The minimum Gasteiger partial charge on any atom is -0.272 e. The molecule has 0 amide bonds. The predicted octanol–water partition coefficient (Wildman–Crippen LogP) is 1.85. The fraction of sp³-hybridized carbons (Fsp3) is 0.462. The molecule has 2 aromatic rings. The van der Waals surface area contributed by atoms with Gasteiger partial charge in [-0.15, -0.1) is 0 Å². The van der Waals surface area contributed by atoms with Crippen molar-refractivity contribution in [2.75, 3.05) is 0 Å². The van der Waals surface area contributed by atoms with Gasteiger partial charge in [0.15, 0.2) is 0 Å². The number of aromatic nitrogens is 4. The van der Waals surface area contributed by atoms with Crippen molar-refractivity contribution in [1.29, 1.82) is 0 Å². The number of aryl methyl sites for hydroxylation is 3. The number of hydrogen-bond donors (Lipinski definition) is 0. The van der Waals surface area contributed by atoms with Gasteiger partial charge in [0.1, 0.15) is 11.5 Å². The van der Waals surface area contributed by atoms with Crippen LogP contribution in [-0.4, -0.2) is 19.7 Å². The van der Waals surface area contributed by atoms with Crippen molar-refractivity contribution in [3.8, 4) is 11.4 Å². The second-order valence-electron chi connectivity index (χ2n) is 4.54. The first-order chi connectivity index (χ1) is 8.20. The molecule has 0 N–H and O–H groups in total. The summed E-state index contributed by atoms with van der Waals surface area (Å²) in [6.07, 6.45) is 5.06. The van der Waals surface area contributed by atoms with Gasteiger partial charge in [0.25, 0.3) is 0 Å². The molecule has 0 saturated heterocycles. The molecule has 2 heterocycles. The normalized spacial score (nSPS) is 13.4. The molecule has 0 bridgehead atoms. The van der Waals surface area contributed by atoms with Crippen molar-refractivity contribution in [2.45, 2.75) is 33.1 Å². The Balaban J connectivity index is 2.26. The van der Waals surface area contributed by atoms with Gasteiger partial charge in [0, 0.05) is 24.5 Å². The van der Waals surface area contributed by atoms with Gasteiger partial charge in [-0.25, -0.2) is 9.97 Å². The standard InChI is InChI=1S/C13H16N4/c1-4-11-10-6-5-9-7-14-8(2)15-12(9)13(10)16-17(11)3/h7H,4-6H2,1-3H3. The highest BCUT2D eigenvalue weighted by Gasteiger charge is 2.24. The maximum Gasteiger partial charge on any atom is 0.125 e. The van der Waals surface area contributed by atoms with Crippen LogP contribution in [0.3, 0.4) is 0 Å². The van der Waals surface area contributed by atoms with E-state index in [1.165, 1.54) is 16.8 Å². The monoisotopic (exact) mass is 228 g/mol. The fourth-order valence-corrected chi connectivity index (χ4v) is 2.64. The third kappa shape index (κ3) is 1.47. The predicted molar refractivity (Wildman–Crippen MR) is 65.8 cm³/mol. The van der Waals surface area contributed by atoms with Gasteiger partial charge >= 0.3 is 0 Å². The molecule has 1 aliphatic rings. The van der Waals surface area contributed by atoms with Gasteiger partial charge in [0.2, 0.25) is 0 Å². The molecule has 88 valence electrons. The molecule has 0 spiro atoms. The van der Waals surface area contributed by atoms with E-state index in [9.17, 15) is 0 Å². The molecule has 0 unspecified atom stereocenters. The highest BCUT2D eigenvalue weighted by molar-refractivity contribution is 5.66. The number of nitrogens with zero attached hydrogens (tertiary/aromatic N) is 4. The van der Waals surface area contributed by atoms with Crippen molar-refractivity contribution >= 4 is 0 Å². The molecule has 4 nitrogen and oxygen atoms in total. The lowest BCUT2D eigenvalue weighted by molar-refractivity contribution is 0.716. The van der Waals surface area contributed by atoms with Gasteiger partial charge in [-0.3, -0.25) is 4.68 Å². The van der Waals surface area contributed by atoms with Crippen LogP contribution in [0, 0.1) is 6.92 Å². The van der Waals surface area contributed by atoms with Crippen LogP contribution in [0.2, 0.25) is 0 Å². The molecule has 0 fully saturated rings. The zero-order valence-corrected chi connectivity index (χ0v) is 10.5. The lowest BCUT2D eigenvalue weighted by Crippen LogP contribution is -2.07. The average molecular weight is 228 g/mol. The van der Waals surface area contributed by atoms with E-state index in [1.54, 1.807) is 0 Å². The first-order valence-electron chi connectivity index (χ1n) is 6.08. The van der Waals surface area contributed by atoms with E-state index >= 15 is 0 Å². The summed E-state index contributed by atoms with van der Waals surface area (Å²) < 4.78 is 2.00. The first kappa shape index (κ1) is 10.4. The molecule has 0 saturated carbocycles. The Morgan fingerprint density at radius 3 is 2.88 bits per heavy atom. The Bertz CT molecular complexity index is 583. The lowest BCUT2D eigenvalue weighted by atomic mass is 9.93. The zero-order chi connectivity index (χ0) is 12.0. The lowest BCUT2D eigenvalue weighted by Gasteiger charge is -2.14. The van der Waals surface area contributed by atoms with Crippen LogP contribution < -0.4 is 0 Å². The summed E-state index contributed by atoms with van der Waals surface area (Å²) in [5.74, 6) is 0.820. The van der Waals surface area contributed by atoms with Crippen LogP contribution in [0.1, 0.15) is 29.6 Å². The molecule has 4 heteroatoms. The third-order valence-corrected chi connectivity index (χ3v) is 3.46. The Kier molecular flexibility index (Phi) is 2.24. The quantitative estimate of drug-likeness (QED) is 0.748. The van der Waals surface area contributed by atoms with Crippen LogP contribution in [-0.2, 0) is 26.3 Å². The van der Waals surface area contributed by atoms with Crippen molar-refractivity contribution in [1.82, 2.24) is 19.7 Å². The van der Waals surface area contributed by atoms with Gasteiger partial charge in [-0.05, 0) is 31.7 Å². The Morgan fingerprint density at radius 1 is 1.29 bits per heavy atom. The number of hydrogen-bond acceptors (Lipinski definition) is 3. The summed E-state index contributed by atoms with van der Waals surface area (Å²) in [6, 6.07) is 0. The summed E-state index contributed by atoms with van der Waals surface area (Å²) in [6.45, 7) is 4.11. The van der Waals surface area contributed by atoms with Gasteiger partial charge in [-0.1, -0.05) is 6.92 Å². The molecule has 1 aliphatic carbocycles. The van der Waals surface area contributed by atoms with E-state index < -0.39 is 0 Å². The molecule has 0 radical (unpaired) electrons. The fourth-order valence-electron chi connectivity index (χ4n) is 2.64. The molecule has 0 atom stereocenters. The van der Waals surface area contributed by atoms with Gasteiger partial charge < -0.3 is 0 Å². The van der Waals surface area contributed by atoms with E-state index in [1.807, 2.05) is 24.9 Å². The molecule has 0 aromatic carbocycles. The Labute approximate surface area is 101 Å². The SMILES string of the molecule is CCc1c2c(nn1C)-c1nc(C)ncc1CC2. The van der Waals surface area contributed by atoms with Crippen molar-refractivity contribution in [2.24, 2.45) is 7.05 Å². The molecular formula is C13H16N4. The molecular weight excluding hydrogens is 212 g/mol. The van der Waals surface area contributed by atoms with E-state index in [0.717, 1.165) is 36.5 Å². The maximum absolute atomic E-state index is 4.63. The maximum atomic E-state index is 4.63. The van der Waals surface area contributed by atoms with Crippen molar-refractivity contribution in [3.05, 3.63) is 28.8 Å². The number of fused-ring (bicyclic) bond motifs is 3. The highest BCUT2D eigenvalue weighted by atomic mass is 15.3. The summed E-state index contributed by atoms with van der Waals surface area (Å²) in [7, 11) is 2.02. The van der Waals surface area contributed by atoms with Crippen LogP contribution >= 0.6 is 0 Å². The first-order valence-corrected chi connectivity index (χ1v) is 6.08. The summed E-state index contributed by atoms with van der Waals surface area (Å²) >= 11 is 0. The van der Waals surface area contributed by atoms with Crippen LogP contribution in [0.4, 0.5) is 0 Å². The van der Waals surface area contributed by atoms with Gasteiger partial charge in [-0.2, -0.15) is 5.10 Å². The van der Waals surface area contributed by atoms with E-state index in [0.29, 0.717) is 0 Å². The topological polar surface area (TPSA) is 43.6 Å². The van der Waals surface area contributed by atoms with E-state index in [2.05, 4.69) is 22.0 Å². The summed E-state index contributed by atoms with van der Waals surface area (Å²) in [5.41, 5.74) is 6.04. The van der Waals surface area contributed by atoms with E-state index in [4.69, 9.17) is 0 Å². The van der Waals surface area contributed by atoms with Crippen LogP contribution in [0.15, 0.2) is 6.20 Å². The Hall–Kier alpha value is -1.71. The van der Waals surface area contributed by atoms with Crippen molar-refractivity contribution in [3.63, 3.8) is 0 Å². The molecule has 17 heavy (non-hydrogen) atoms. The minimum absolute atomic E-state index is 0.820. The zero-order valence-electron chi connectivity index (χ0n) is 10.5. The summed E-state index contributed by atoms with van der Waals surface area (Å²) in [5, 5.41) is 4.63. The highest BCUT2D eigenvalue weighted by Crippen LogP contribution is 2.32. The largest absolute Gasteiger partial charge is 0.272 e. The number of rotatable bonds is 1. The summed E-state index contributed by atoms with van der Waals surface area (Å²) in [4.78, 5) is 8.83. The Morgan fingerprint density at radius 2 is 2.12 bits per heavy atom. The minimum atomic E-state index is 0.820. The second kappa shape index (κ2) is 3.65. The smallest absolute Gasteiger partial charge is 0.125 e. The van der Waals surface area contributed by atoms with Crippen LogP contribution in [0.25, 0.3) is 11.4 Å². The average Bonchev–Trinajstić information content (AvgIpc) is 2.65. The van der Waals surface area contributed by atoms with E-state index in [-0.39, 0.29) is 0 Å². The third-order valence-electron chi connectivity index (χ3n) is 3.46. The molecule has 3 rings (SSSR count). The van der Waals surface area contributed by atoms with Crippen LogP contribution in [0.5, 0.6) is 0 Å². The molecule has 2 aromatic heterocycles.